The van der Waals surface area contributed by atoms with Crippen LogP contribution in [0.5, 0.6) is 0 Å². The van der Waals surface area contributed by atoms with E-state index in [-0.39, 0.29) is 47.3 Å². The van der Waals surface area contributed by atoms with Crippen LogP contribution in [0.3, 0.4) is 0 Å². The quantitative estimate of drug-likeness (QED) is 0.148. The molecule has 12 aromatic rings. The molecule has 4 atom stereocenters. The maximum absolute atomic E-state index is 6.36. The molecule has 2 aliphatic carbocycles. The average Bonchev–Trinajstić information content (AvgIpc) is 4.44. The third-order valence-electron chi connectivity index (χ3n) is 14.2. The van der Waals surface area contributed by atoms with E-state index in [1.807, 2.05) is 208 Å². The van der Waals surface area contributed by atoms with Gasteiger partial charge in [0.25, 0.3) is 0 Å². The van der Waals surface area contributed by atoms with Crippen molar-refractivity contribution in [3.8, 4) is 0 Å². The standard InChI is InChI=1S/2C30H22N2O2.8C2H6/c1-3-11-19(12-4-1)25-27(29-31-21-15-7-9-17-23(21)33-29)26(20-13-5-2-6-14-20)28(25)30-32-22-16-8-10-18-24(22)34-30;1-3-11-19(12-4-1)25-26(20-13-5-2-6-14-20)28(30-32-22-16-8-10-18-24(22)34-30)27(25)29-31-21-15-7-9-17-23(21)33-29;8*1-2/h2*1-18,25-28H;8*1-2H3. The van der Waals surface area contributed by atoms with Crippen LogP contribution in [0.4, 0.5) is 0 Å². The van der Waals surface area contributed by atoms with Gasteiger partial charge < -0.3 is 17.7 Å². The van der Waals surface area contributed by atoms with Crippen LogP contribution in [-0.4, -0.2) is 19.9 Å². The van der Waals surface area contributed by atoms with Crippen molar-refractivity contribution in [3.63, 3.8) is 0 Å². The fourth-order valence-electron chi connectivity index (χ4n) is 11.2. The molecular weight excluding hydrogens is 1030 g/mol. The minimum absolute atomic E-state index is 0.00747. The molecular formula is C76H92N4O4. The molecule has 0 saturated heterocycles. The molecule has 0 spiro atoms. The minimum Gasteiger partial charge on any atom is -0.440 e. The summed E-state index contributed by atoms with van der Waals surface area (Å²) < 4.78 is 25.4. The number of fused-ring (bicyclic) bond motifs is 4. The summed E-state index contributed by atoms with van der Waals surface area (Å²) in [6.45, 7) is 32.0. The summed E-state index contributed by atoms with van der Waals surface area (Å²) >= 11 is 0. The number of hydrogen-bond acceptors (Lipinski definition) is 8. The Kier molecular flexibility index (Phi) is 27.6. The number of para-hydroxylation sites is 8. The van der Waals surface area contributed by atoms with Gasteiger partial charge in [0.1, 0.15) is 22.1 Å². The molecule has 440 valence electrons. The highest BCUT2D eigenvalue weighted by Crippen LogP contribution is 2.68. The van der Waals surface area contributed by atoms with Crippen molar-refractivity contribution in [1.82, 2.24) is 19.9 Å². The van der Waals surface area contributed by atoms with E-state index in [0.29, 0.717) is 0 Å². The number of rotatable bonds is 8. The number of oxazole rings is 4. The highest BCUT2D eigenvalue weighted by Gasteiger charge is 2.58. The molecule has 14 rings (SSSR count). The number of nitrogens with zero attached hydrogens (tertiary/aromatic N) is 4. The molecule has 4 aromatic heterocycles. The lowest BCUT2D eigenvalue weighted by Gasteiger charge is -2.49. The lowest BCUT2D eigenvalue weighted by molar-refractivity contribution is 0.171. The van der Waals surface area contributed by atoms with Crippen molar-refractivity contribution in [2.24, 2.45) is 0 Å². The summed E-state index contributed by atoms with van der Waals surface area (Å²) in [6, 6.07) is 74.5. The highest BCUT2D eigenvalue weighted by atomic mass is 16.4. The first-order valence-corrected chi connectivity index (χ1v) is 31.4. The Bertz CT molecular complexity index is 3280. The van der Waals surface area contributed by atoms with Gasteiger partial charge in [-0.1, -0.05) is 281 Å². The Morgan fingerprint density at radius 1 is 0.190 bits per heavy atom. The largest absolute Gasteiger partial charge is 0.440 e. The lowest BCUT2D eigenvalue weighted by atomic mass is 9.52. The predicted octanol–water partition coefficient (Wildman–Crippen LogP) is 23.0. The van der Waals surface area contributed by atoms with Gasteiger partial charge in [-0.2, -0.15) is 0 Å². The first kappa shape index (κ1) is 66.4. The molecule has 0 bridgehead atoms. The van der Waals surface area contributed by atoms with Crippen LogP contribution in [0.1, 0.15) is 204 Å². The summed E-state index contributed by atoms with van der Waals surface area (Å²) in [6.07, 6.45) is 0. The Labute approximate surface area is 501 Å². The van der Waals surface area contributed by atoms with Crippen LogP contribution in [0.15, 0.2) is 236 Å². The Morgan fingerprint density at radius 2 is 0.345 bits per heavy atom. The maximum atomic E-state index is 6.36. The van der Waals surface area contributed by atoms with Gasteiger partial charge in [0, 0.05) is 23.7 Å². The topological polar surface area (TPSA) is 104 Å². The summed E-state index contributed by atoms with van der Waals surface area (Å²) in [5.41, 5.74) is 11.8. The second kappa shape index (κ2) is 34.9. The first-order chi connectivity index (χ1) is 41.7. The van der Waals surface area contributed by atoms with Crippen molar-refractivity contribution in [3.05, 3.63) is 264 Å². The average molecular weight is 1130 g/mol. The van der Waals surface area contributed by atoms with Crippen LogP contribution in [0.25, 0.3) is 44.4 Å². The van der Waals surface area contributed by atoms with E-state index >= 15 is 0 Å². The van der Waals surface area contributed by atoms with E-state index in [9.17, 15) is 0 Å². The molecule has 84 heavy (non-hydrogen) atoms. The van der Waals surface area contributed by atoms with Crippen LogP contribution in [0, 0.1) is 0 Å². The van der Waals surface area contributed by atoms with E-state index in [1.165, 1.54) is 22.3 Å². The van der Waals surface area contributed by atoms with Crippen LogP contribution in [0.2, 0.25) is 0 Å². The highest BCUT2D eigenvalue weighted by molar-refractivity contribution is 5.75. The normalized spacial score (nSPS) is 18.5. The smallest absolute Gasteiger partial charge is 0.200 e. The van der Waals surface area contributed by atoms with E-state index in [4.69, 9.17) is 37.6 Å². The maximum Gasteiger partial charge on any atom is 0.200 e. The van der Waals surface area contributed by atoms with E-state index in [2.05, 4.69) is 121 Å². The second-order valence-electron chi connectivity index (χ2n) is 17.9. The van der Waals surface area contributed by atoms with Gasteiger partial charge in [-0.25, -0.2) is 19.9 Å². The Hall–Kier alpha value is -8.36. The zero-order chi connectivity index (χ0) is 61.0. The van der Waals surface area contributed by atoms with Crippen molar-refractivity contribution < 1.29 is 17.7 Å². The molecule has 8 nitrogen and oxygen atoms in total. The summed E-state index contributed by atoms with van der Waals surface area (Å²) in [5.74, 6) is 3.83. The summed E-state index contributed by atoms with van der Waals surface area (Å²) in [5, 5.41) is 0. The third kappa shape index (κ3) is 14.5. The van der Waals surface area contributed by atoms with E-state index in [0.717, 1.165) is 68.0 Å². The van der Waals surface area contributed by atoms with Crippen molar-refractivity contribution in [2.75, 3.05) is 0 Å². The van der Waals surface area contributed by atoms with Gasteiger partial charge >= 0.3 is 0 Å². The number of hydrogen-bond donors (Lipinski definition) is 0. The van der Waals surface area contributed by atoms with Crippen molar-refractivity contribution in [2.45, 2.75) is 158 Å². The summed E-state index contributed by atoms with van der Waals surface area (Å²) in [7, 11) is 0. The molecule has 0 N–H and O–H groups in total. The monoisotopic (exact) mass is 1120 g/mol. The van der Waals surface area contributed by atoms with Crippen LogP contribution >= 0.6 is 0 Å². The molecule has 2 fully saturated rings. The fourth-order valence-corrected chi connectivity index (χ4v) is 11.2. The predicted molar refractivity (Wildman–Crippen MR) is 355 cm³/mol. The molecule has 0 aliphatic heterocycles. The minimum atomic E-state index is 0.00747. The van der Waals surface area contributed by atoms with Gasteiger partial charge in [0.05, 0.1) is 23.7 Å². The van der Waals surface area contributed by atoms with Gasteiger partial charge in [-0.3, -0.25) is 0 Å². The van der Waals surface area contributed by atoms with E-state index < -0.39 is 0 Å². The first-order valence-electron chi connectivity index (χ1n) is 31.4. The lowest BCUT2D eigenvalue weighted by Crippen LogP contribution is -2.40. The van der Waals surface area contributed by atoms with Crippen LogP contribution in [-0.2, 0) is 0 Å². The molecule has 8 aromatic carbocycles. The summed E-state index contributed by atoms with van der Waals surface area (Å²) in [4.78, 5) is 19.7. The van der Waals surface area contributed by atoms with E-state index in [1.54, 1.807) is 0 Å². The van der Waals surface area contributed by atoms with Gasteiger partial charge in [-0.05, 0) is 70.8 Å². The third-order valence-corrected chi connectivity index (χ3v) is 14.2. The zero-order valence-corrected chi connectivity index (χ0v) is 52.8. The SMILES string of the molecule is CC.CC.CC.CC.CC.CC.CC.CC.c1ccc(C2C(c3ccccc3)C(c3nc4ccccc4o3)C2c2nc3ccccc3o2)cc1.c1ccc(C2C(c3nc4ccccc4o3)C(c3ccccc3)C2c2nc3ccccc3o2)cc1. The van der Waals surface area contributed by atoms with Gasteiger partial charge in [0.2, 0.25) is 0 Å². The molecule has 2 saturated carbocycles. The Morgan fingerprint density at radius 3 is 0.536 bits per heavy atom. The van der Waals surface area contributed by atoms with Crippen molar-refractivity contribution in [1.29, 1.82) is 0 Å². The Balaban J connectivity index is 0.000000249. The molecule has 2 aliphatic rings. The molecule has 0 amide bonds. The molecule has 4 heterocycles. The van der Waals surface area contributed by atoms with Crippen LogP contribution < -0.4 is 0 Å². The number of benzene rings is 8. The van der Waals surface area contributed by atoms with Gasteiger partial charge in [0.15, 0.2) is 45.9 Å². The van der Waals surface area contributed by atoms with Gasteiger partial charge in [-0.15, -0.1) is 0 Å². The zero-order valence-electron chi connectivity index (χ0n) is 52.8. The molecule has 0 radical (unpaired) electrons. The second-order valence-corrected chi connectivity index (χ2v) is 17.9. The molecule has 8 heteroatoms. The molecule has 4 unspecified atom stereocenters. The number of aromatic nitrogens is 4. The van der Waals surface area contributed by atoms with Crippen molar-refractivity contribution >= 4 is 44.4 Å². The fraction of sp³-hybridized carbons (Fsp3) is 0.316.